The summed E-state index contributed by atoms with van der Waals surface area (Å²) >= 11 is 0. The number of hydrogen-bond acceptors (Lipinski definition) is 3. The molecule has 1 aromatic heterocycles. The van der Waals surface area contributed by atoms with Crippen molar-refractivity contribution < 1.29 is 0 Å². The molecule has 1 N–H and O–H groups in total. The van der Waals surface area contributed by atoms with Gasteiger partial charge in [-0.3, -0.25) is 0 Å². The number of hydrogen-bond donors (Lipinski definition) is 1. The number of nitrogens with one attached hydrogen (secondary N) is 1. The highest BCUT2D eigenvalue weighted by atomic mass is 127. The van der Waals surface area contributed by atoms with E-state index < -0.39 is 0 Å². The van der Waals surface area contributed by atoms with E-state index in [1.165, 1.54) is 24.0 Å². The van der Waals surface area contributed by atoms with Crippen molar-refractivity contribution in [1.82, 2.24) is 25.0 Å². The summed E-state index contributed by atoms with van der Waals surface area (Å²) in [5.41, 5.74) is 2.44. The second kappa shape index (κ2) is 10.5. The molecule has 6 nitrogen and oxygen atoms in total. The number of aromatic nitrogens is 3. The van der Waals surface area contributed by atoms with Crippen molar-refractivity contribution >= 4 is 29.9 Å². The molecule has 3 rings (SSSR count). The van der Waals surface area contributed by atoms with Gasteiger partial charge in [0.2, 0.25) is 0 Å². The largest absolute Gasteiger partial charge is 0.357 e. The minimum Gasteiger partial charge on any atom is -0.357 e. The first-order chi connectivity index (χ1) is 12.2. The van der Waals surface area contributed by atoms with Gasteiger partial charge in [0.1, 0.15) is 12.7 Å². The number of guanidine groups is 1. The van der Waals surface area contributed by atoms with Crippen LogP contribution in [0.4, 0.5) is 0 Å². The number of benzene rings is 1. The van der Waals surface area contributed by atoms with Crippen molar-refractivity contribution in [2.45, 2.75) is 39.8 Å². The molecule has 1 saturated heterocycles. The quantitative estimate of drug-likeness (QED) is 0.416. The molecular formula is C19H29IN6. The maximum Gasteiger partial charge on any atom is 0.194 e. The third-order valence-electron chi connectivity index (χ3n) is 4.51. The fourth-order valence-corrected chi connectivity index (χ4v) is 3.30. The van der Waals surface area contributed by atoms with Crippen LogP contribution in [0, 0.1) is 5.92 Å². The smallest absolute Gasteiger partial charge is 0.194 e. The highest BCUT2D eigenvalue weighted by Gasteiger charge is 2.18. The van der Waals surface area contributed by atoms with Gasteiger partial charge in [-0.1, -0.05) is 31.2 Å². The Balaban J connectivity index is 0.00000243. The van der Waals surface area contributed by atoms with Gasteiger partial charge >= 0.3 is 0 Å². The number of nitrogens with zero attached hydrogens (tertiary/aromatic N) is 5. The molecule has 0 saturated carbocycles. The molecule has 7 heteroatoms. The van der Waals surface area contributed by atoms with Gasteiger partial charge in [0.25, 0.3) is 0 Å². The van der Waals surface area contributed by atoms with Crippen molar-refractivity contribution in [1.29, 1.82) is 0 Å². The molecule has 0 aliphatic carbocycles. The van der Waals surface area contributed by atoms with Crippen molar-refractivity contribution in [3.8, 4) is 0 Å². The van der Waals surface area contributed by atoms with Crippen molar-refractivity contribution in [3.05, 3.63) is 48.0 Å². The van der Waals surface area contributed by atoms with E-state index in [9.17, 15) is 0 Å². The summed E-state index contributed by atoms with van der Waals surface area (Å²) < 4.78 is 1.83. The first-order valence-corrected chi connectivity index (χ1v) is 9.18. The molecule has 142 valence electrons. The van der Waals surface area contributed by atoms with E-state index in [2.05, 4.69) is 58.4 Å². The summed E-state index contributed by atoms with van der Waals surface area (Å²) in [6.07, 6.45) is 5.88. The zero-order valence-corrected chi connectivity index (χ0v) is 18.0. The molecule has 0 bridgehead atoms. The predicted octanol–water partition coefficient (Wildman–Crippen LogP) is 3.14. The third-order valence-corrected chi connectivity index (χ3v) is 4.51. The minimum atomic E-state index is 0. The number of rotatable bonds is 5. The Kier molecular flexibility index (Phi) is 8.34. The minimum absolute atomic E-state index is 0. The Bertz CT molecular complexity index is 685. The van der Waals surface area contributed by atoms with Gasteiger partial charge in [-0.25, -0.2) is 14.7 Å². The van der Waals surface area contributed by atoms with Crippen molar-refractivity contribution in [2.24, 2.45) is 10.9 Å². The Hall–Kier alpha value is -1.64. The summed E-state index contributed by atoms with van der Waals surface area (Å²) in [4.78, 5) is 11.3. The summed E-state index contributed by atoms with van der Waals surface area (Å²) in [5, 5.41) is 7.62. The first-order valence-electron chi connectivity index (χ1n) is 9.18. The van der Waals surface area contributed by atoms with Crippen LogP contribution in [0.1, 0.15) is 37.8 Å². The van der Waals surface area contributed by atoms with Gasteiger partial charge in [0, 0.05) is 19.6 Å². The molecule has 1 fully saturated rings. The Morgan fingerprint density at radius 2 is 2.19 bits per heavy atom. The lowest BCUT2D eigenvalue weighted by Crippen LogP contribution is -2.46. The fraction of sp³-hybridized carbons (Fsp3) is 0.526. The molecule has 0 spiro atoms. The van der Waals surface area contributed by atoms with Gasteiger partial charge in [0.15, 0.2) is 5.96 Å². The van der Waals surface area contributed by atoms with E-state index in [-0.39, 0.29) is 24.0 Å². The van der Waals surface area contributed by atoms with Crippen LogP contribution in [0.5, 0.6) is 0 Å². The molecule has 1 aliphatic heterocycles. The Morgan fingerprint density at radius 1 is 1.35 bits per heavy atom. The molecule has 1 aromatic carbocycles. The molecule has 1 unspecified atom stereocenters. The van der Waals surface area contributed by atoms with E-state index in [4.69, 9.17) is 4.99 Å². The van der Waals surface area contributed by atoms with Crippen LogP contribution in [0.15, 0.2) is 41.9 Å². The Morgan fingerprint density at radius 3 is 2.92 bits per heavy atom. The number of likely N-dealkylation sites (tertiary alicyclic amines) is 1. The van der Waals surface area contributed by atoms with Crippen LogP contribution in [-0.2, 0) is 13.1 Å². The molecule has 0 radical (unpaired) electrons. The average Bonchev–Trinajstić information content (AvgIpc) is 3.12. The summed E-state index contributed by atoms with van der Waals surface area (Å²) in [6, 6.07) is 8.55. The van der Waals surface area contributed by atoms with E-state index in [0.717, 1.165) is 38.1 Å². The lowest BCUT2D eigenvalue weighted by Gasteiger charge is -2.33. The van der Waals surface area contributed by atoms with Crippen LogP contribution < -0.4 is 5.32 Å². The lowest BCUT2D eigenvalue weighted by atomic mass is 10.0. The van der Waals surface area contributed by atoms with Crippen molar-refractivity contribution in [2.75, 3.05) is 19.6 Å². The van der Waals surface area contributed by atoms with Crippen LogP contribution in [0.25, 0.3) is 0 Å². The van der Waals surface area contributed by atoms with Gasteiger partial charge < -0.3 is 10.2 Å². The highest BCUT2D eigenvalue weighted by molar-refractivity contribution is 14.0. The molecule has 1 atom stereocenters. The maximum absolute atomic E-state index is 4.88. The normalized spacial score (nSPS) is 17.7. The SMILES string of the molecule is CCNC(=NCc1cccc(Cn2cncn2)c1)N1CCCC(C)C1.I. The van der Waals surface area contributed by atoms with Gasteiger partial charge in [-0.2, -0.15) is 5.10 Å². The van der Waals surface area contributed by atoms with Crippen LogP contribution in [0.3, 0.4) is 0 Å². The van der Waals surface area contributed by atoms with Gasteiger partial charge in [-0.15, -0.1) is 24.0 Å². The lowest BCUT2D eigenvalue weighted by molar-refractivity contribution is 0.266. The van der Waals surface area contributed by atoms with Gasteiger partial charge in [0.05, 0.1) is 13.1 Å². The highest BCUT2D eigenvalue weighted by Crippen LogP contribution is 2.16. The third kappa shape index (κ3) is 5.96. The number of aliphatic imine (C=N–C) groups is 1. The first kappa shape index (κ1) is 20.7. The maximum atomic E-state index is 4.88. The molecule has 2 aromatic rings. The van der Waals surface area contributed by atoms with Gasteiger partial charge in [-0.05, 0) is 36.8 Å². The van der Waals surface area contributed by atoms with Crippen LogP contribution in [0.2, 0.25) is 0 Å². The summed E-state index contributed by atoms with van der Waals surface area (Å²) in [7, 11) is 0. The number of piperidine rings is 1. The van der Waals surface area contributed by atoms with E-state index >= 15 is 0 Å². The standard InChI is InChI=1S/C19H28N6.HI/c1-3-21-19(24-9-5-6-16(2)12-24)22-11-17-7-4-8-18(10-17)13-25-15-20-14-23-25;/h4,7-8,10,14-16H,3,5-6,9,11-13H2,1-2H3,(H,21,22);1H. The van der Waals surface area contributed by atoms with Crippen molar-refractivity contribution in [3.63, 3.8) is 0 Å². The van der Waals surface area contributed by atoms with Crippen LogP contribution >= 0.6 is 24.0 Å². The molecular weight excluding hydrogens is 439 g/mol. The average molecular weight is 468 g/mol. The number of halogens is 1. The second-order valence-electron chi connectivity index (χ2n) is 6.78. The molecule has 2 heterocycles. The summed E-state index contributed by atoms with van der Waals surface area (Å²) in [5.74, 6) is 1.78. The fourth-order valence-electron chi connectivity index (χ4n) is 3.30. The Labute approximate surface area is 173 Å². The zero-order valence-electron chi connectivity index (χ0n) is 15.6. The monoisotopic (exact) mass is 468 g/mol. The molecule has 0 amide bonds. The zero-order chi connectivity index (χ0) is 17.5. The van der Waals surface area contributed by atoms with E-state index in [1.54, 1.807) is 12.7 Å². The topological polar surface area (TPSA) is 58.3 Å². The van der Waals surface area contributed by atoms with E-state index in [0.29, 0.717) is 6.54 Å². The molecule has 26 heavy (non-hydrogen) atoms. The van der Waals surface area contributed by atoms with Crippen LogP contribution in [-0.4, -0.2) is 45.3 Å². The predicted molar refractivity (Wildman–Crippen MR) is 116 cm³/mol. The van der Waals surface area contributed by atoms with E-state index in [1.807, 2.05) is 4.68 Å². The molecule has 1 aliphatic rings. The second-order valence-corrected chi connectivity index (χ2v) is 6.78. The summed E-state index contributed by atoms with van der Waals surface area (Å²) in [6.45, 7) is 8.97.